The lowest BCUT2D eigenvalue weighted by molar-refractivity contribution is 1.22. The van der Waals surface area contributed by atoms with Crippen LogP contribution in [0.2, 0.25) is 0 Å². The summed E-state index contributed by atoms with van der Waals surface area (Å²) in [5.41, 5.74) is 10.6. The first-order valence-corrected chi connectivity index (χ1v) is 16.4. The number of fused-ring (bicyclic) bond motifs is 14. The molecule has 0 fully saturated rings. The maximum atomic E-state index is 3.91. The van der Waals surface area contributed by atoms with Gasteiger partial charge >= 0.3 is 0 Å². The SMILES string of the molecule is B1c2c(-c3cccc4c3[nH]c3c5ccccc5sc43)cc3ccccc3c2-n2c3sc4ccccc4c3c3cccc1c32. The van der Waals surface area contributed by atoms with Crippen molar-refractivity contribution in [1.82, 2.24) is 9.55 Å². The van der Waals surface area contributed by atoms with Gasteiger partial charge in [0.1, 0.15) is 4.83 Å². The van der Waals surface area contributed by atoms with Crippen LogP contribution in [-0.4, -0.2) is 16.8 Å². The van der Waals surface area contributed by atoms with Crippen LogP contribution in [0.3, 0.4) is 0 Å². The number of nitrogens with one attached hydrogen (secondary N) is 1. The molecule has 4 aromatic heterocycles. The molecule has 5 heterocycles. The molecule has 1 aliphatic rings. The van der Waals surface area contributed by atoms with Crippen LogP contribution in [0.4, 0.5) is 0 Å². The number of benzene rings is 6. The molecule has 0 bridgehead atoms. The lowest BCUT2D eigenvalue weighted by Crippen LogP contribution is -2.37. The average Bonchev–Trinajstić information content (AvgIpc) is 3.79. The molecule has 0 radical (unpaired) electrons. The second-order valence-corrected chi connectivity index (χ2v) is 13.8. The smallest absolute Gasteiger partial charge is 0.198 e. The Labute approximate surface area is 254 Å². The highest BCUT2D eigenvalue weighted by atomic mass is 32.1. The summed E-state index contributed by atoms with van der Waals surface area (Å²) in [7, 11) is 0.913. The van der Waals surface area contributed by atoms with E-state index in [1.54, 1.807) is 0 Å². The van der Waals surface area contributed by atoms with E-state index in [0.29, 0.717) is 0 Å². The summed E-state index contributed by atoms with van der Waals surface area (Å²) in [5.74, 6) is 0. The van der Waals surface area contributed by atoms with Crippen LogP contribution in [0.5, 0.6) is 0 Å². The molecule has 198 valence electrons. The van der Waals surface area contributed by atoms with Crippen LogP contribution in [-0.2, 0) is 0 Å². The van der Waals surface area contributed by atoms with Gasteiger partial charge in [-0.1, -0.05) is 103 Å². The van der Waals surface area contributed by atoms with Crippen molar-refractivity contribution in [2.24, 2.45) is 0 Å². The first kappa shape index (κ1) is 22.7. The van der Waals surface area contributed by atoms with Gasteiger partial charge in [-0.3, -0.25) is 0 Å². The summed E-state index contributed by atoms with van der Waals surface area (Å²) in [4.78, 5) is 5.25. The van der Waals surface area contributed by atoms with E-state index in [2.05, 4.69) is 125 Å². The van der Waals surface area contributed by atoms with Gasteiger partial charge in [0.25, 0.3) is 0 Å². The van der Waals surface area contributed by atoms with Crippen molar-refractivity contribution in [1.29, 1.82) is 0 Å². The Morgan fingerprint density at radius 1 is 0.581 bits per heavy atom. The lowest BCUT2D eigenvalue weighted by atomic mass is 9.58. The van der Waals surface area contributed by atoms with Crippen molar-refractivity contribution in [3.63, 3.8) is 0 Å². The molecule has 0 saturated heterocycles. The van der Waals surface area contributed by atoms with Crippen molar-refractivity contribution < 1.29 is 0 Å². The number of aromatic nitrogens is 2. The van der Waals surface area contributed by atoms with Gasteiger partial charge in [0.2, 0.25) is 0 Å². The molecule has 1 N–H and O–H groups in total. The third-order valence-corrected chi connectivity index (χ3v) is 11.9. The van der Waals surface area contributed by atoms with Crippen molar-refractivity contribution in [3.05, 3.63) is 115 Å². The van der Waals surface area contributed by atoms with Crippen molar-refractivity contribution >= 4 is 114 Å². The minimum Gasteiger partial charge on any atom is -0.353 e. The van der Waals surface area contributed by atoms with E-state index in [-0.39, 0.29) is 0 Å². The maximum Gasteiger partial charge on any atom is 0.198 e. The summed E-state index contributed by atoms with van der Waals surface area (Å²) in [6, 6.07) is 42.8. The number of rotatable bonds is 1. The third-order valence-electron chi connectivity index (χ3n) is 9.55. The van der Waals surface area contributed by atoms with Crippen LogP contribution in [0.1, 0.15) is 0 Å². The maximum absolute atomic E-state index is 3.91. The van der Waals surface area contributed by atoms with Crippen molar-refractivity contribution in [2.45, 2.75) is 0 Å². The monoisotopic (exact) mass is 580 g/mol. The normalized spacial score (nSPS) is 12.8. The number of H-pyrrole nitrogens is 1. The molecule has 10 aromatic rings. The fraction of sp³-hybridized carbons (Fsp3) is 0. The first-order valence-electron chi connectivity index (χ1n) is 14.7. The largest absolute Gasteiger partial charge is 0.353 e. The Kier molecular flexibility index (Phi) is 4.20. The molecule has 43 heavy (non-hydrogen) atoms. The molecule has 0 unspecified atom stereocenters. The predicted molar refractivity (Wildman–Crippen MR) is 190 cm³/mol. The summed E-state index contributed by atoms with van der Waals surface area (Å²) in [6.45, 7) is 0. The minimum atomic E-state index is 0.913. The summed E-state index contributed by atoms with van der Waals surface area (Å²) in [5, 5.41) is 9.32. The molecule has 11 rings (SSSR count). The topological polar surface area (TPSA) is 20.7 Å². The van der Waals surface area contributed by atoms with Gasteiger partial charge in [0.15, 0.2) is 7.28 Å². The molecular weight excluding hydrogens is 559 g/mol. The van der Waals surface area contributed by atoms with E-state index in [1.165, 1.54) is 101 Å². The highest BCUT2D eigenvalue weighted by molar-refractivity contribution is 7.27. The zero-order chi connectivity index (χ0) is 27.8. The van der Waals surface area contributed by atoms with Gasteiger partial charge in [-0.2, -0.15) is 0 Å². The number of hydrogen-bond donors (Lipinski definition) is 1. The molecule has 1 aliphatic heterocycles. The zero-order valence-corrected chi connectivity index (χ0v) is 24.6. The van der Waals surface area contributed by atoms with E-state index in [0.717, 1.165) is 7.28 Å². The lowest BCUT2D eigenvalue weighted by Gasteiger charge is -2.25. The standard InChI is InChI=1S/C38H21BN2S2/c1-2-10-21-20(9-1)19-27(22-13-7-15-26-33(22)40-34-24-12-4-6-18-30(24)42-37(26)34)32-36(21)41-35-25(14-8-16-28(35)39-32)31-23-11-3-5-17-29(23)43-38(31)41/h1-19,39-40H. The number of nitrogens with zero attached hydrogens (tertiary/aromatic N) is 1. The van der Waals surface area contributed by atoms with Crippen LogP contribution < -0.4 is 10.9 Å². The van der Waals surface area contributed by atoms with E-state index >= 15 is 0 Å². The fourth-order valence-electron chi connectivity index (χ4n) is 7.79. The van der Waals surface area contributed by atoms with Crippen LogP contribution in [0, 0.1) is 0 Å². The van der Waals surface area contributed by atoms with E-state index < -0.39 is 0 Å². The summed E-state index contributed by atoms with van der Waals surface area (Å²) in [6.07, 6.45) is 0. The highest BCUT2D eigenvalue weighted by Gasteiger charge is 2.29. The Balaban J connectivity index is 1.31. The Bertz CT molecular complexity index is 2830. The van der Waals surface area contributed by atoms with Gasteiger partial charge in [-0.05, 0) is 34.6 Å². The molecular formula is C38H21BN2S2. The second kappa shape index (κ2) is 7.96. The minimum absolute atomic E-state index is 0.913. The highest BCUT2D eigenvalue weighted by Crippen LogP contribution is 2.45. The Morgan fingerprint density at radius 3 is 2.21 bits per heavy atom. The number of thiophene rings is 2. The molecule has 0 spiro atoms. The number of hydrogen-bond acceptors (Lipinski definition) is 2. The molecule has 5 heteroatoms. The molecule has 2 nitrogen and oxygen atoms in total. The first-order chi connectivity index (χ1) is 21.3. The van der Waals surface area contributed by atoms with Gasteiger partial charge in [0, 0.05) is 58.5 Å². The average molecular weight is 581 g/mol. The van der Waals surface area contributed by atoms with Gasteiger partial charge < -0.3 is 9.55 Å². The summed E-state index contributed by atoms with van der Waals surface area (Å²) >= 11 is 3.81. The van der Waals surface area contributed by atoms with Crippen molar-refractivity contribution in [2.75, 3.05) is 0 Å². The van der Waals surface area contributed by atoms with Crippen LogP contribution >= 0.6 is 22.7 Å². The van der Waals surface area contributed by atoms with E-state index in [9.17, 15) is 0 Å². The predicted octanol–water partition coefficient (Wildman–Crippen LogP) is 9.37. The van der Waals surface area contributed by atoms with Crippen LogP contribution in [0.15, 0.2) is 115 Å². The third kappa shape index (κ3) is 2.80. The Morgan fingerprint density at radius 2 is 1.30 bits per heavy atom. The fourth-order valence-corrected chi connectivity index (χ4v) is 10.2. The van der Waals surface area contributed by atoms with Gasteiger partial charge in [-0.25, -0.2) is 0 Å². The summed E-state index contributed by atoms with van der Waals surface area (Å²) < 4.78 is 6.63. The molecule has 6 aromatic carbocycles. The Hall–Kier alpha value is -4.84. The molecule has 0 saturated carbocycles. The number of para-hydroxylation sites is 2. The van der Waals surface area contributed by atoms with Crippen LogP contribution in [0.25, 0.3) is 90.0 Å². The van der Waals surface area contributed by atoms with E-state index in [1.807, 2.05) is 22.7 Å². The van der Waals surface area contributed by atoms with Gasteiger partial charge in [-0.15, -0.1) is 22.7 Å². The molecule has 0 amide bonds. The molecule has 0 atom stereocenters. The van der Waals surface area contributed by atoms with E-state index in [4.69, 9.17) is 0 Å². The quantitative estimate of drug-likeness (QED) is 0.187. The number of aromatic amines is 1. The van der Waals surface area contributed by atoms with Gasteiger partial charge in [0.05, 0.1) is 15.7 Å². The van der Waals surface area contributed by atoms with Crippen molar-refractivity contribution in [3.8, 4) is 16.8 Å². The second-order valence-electron chi connectivity index (χ2n) is 11.7. The zero-order valence-electron chi connectivity index (χ0n) is 22.9. The molecule has 0 aliphatic carbocycles.